The normalized spacial score (nSPS) is 14.9. The molecule has 0 saturated carbocycles. The van der Waals surface area contributed by atoms with Gasteiger partial charge in [-0.3, -0.25) is 14.7 Å². The molecule has 0 aliphatic carbocycles. The molecule has 1 aromatic carbocycles. The fourth-order valence-electron chi connectivity index (χ4n) is 3.76. The summed E-state index contributed by atoms with van der Waals surface area (Å²) in [6.07, 6.45) is 6.51. The number of benzene rings is 1. The summed E-state index contributed by atoms with van der Waals surface area (Å²) in [4.78, 5) is 37.0. The van der Waals surface area contributed by atoms with Gasteiger partial charge < -0.3 is 9.47 Å². The van der Waals surface area contributed by atoms with Gasteiger partial charge in [0.05, 0.1) is 19.9 Å². The van der Waals surface area contributed by atoms with E-state index in [-0.39, 0.29) is 5.91 Å². The van der Waals surface area contributed by atoms with Crippen molar-refractivity contribution in [1.29, 1.82) is 0 Å². The smallest absolute Gasteiger partial charge is 0.260 e. The van der Waals surface area contributed by atoms with E-state index in [0.29, 0.717) is 40.2 Å². The molecule has 0 saturated heterocycles. The predicted molar refractivity (Wildman–Crippen MR) is 115 cm³/mol. The Morgan fingerprint density at radius 3 is 2.25 bits per heavy atom. The van der Waals surface area contributed by atoms with Crippen molar-refractivity contribution in [2.24, 2.45) is 0 Å². The van der Waals surface area contributed by atoms with Crippen molar-refractivity contribution in [2.45, 2.75) is 6.04 Å². The van der Waals surface area contributed by atoms with Crippen molar-refractivity contribution in [2.75, 3.05) is 19.1 Å². The Morgan fingerprint density at radius 2 is 1.53 bits per heavy atom. The third-order valence-corrected chi connectivity index (χ3v) is 5.18. The molecule has 0 bridgehead atoms. The largest absolute Gasteiger partial charge is 0.493 e. The molecule has 32 heavy (non-hydrogen) atoms. The molecule has 0 radical (unpaired) electrons. The summed E-state index contributed by atoms with van der Waals surface area (Å²) in [5.41, 5.74) is 1.94. The lowest BCUT2D eigenvalue weighted by Crippen LogP contribution is -2.30. The fourth-order valence-corrected chi connectivity index (χ4v) is 3.76. The van der Waals surface area contributed by atoms with Gasteiger partial charge in [0.15, 0.2) is 23.1 Å². The Labute approximate surface area is 183 Å². The first-order valence-corrected chi connectivity index (χ1v) is 9.82. The number of hydrogen-bond acceptors (Lipinski definition) is 8. The number of methoxy groups -OCH3 is 2. The molecule has 4 aromatic rings. The topological polar surface area (TPSA) is 103 Å². The number of rotatable bonds is 5. The molecule has 158 valence electrons. The van der Waals surface area contributed by atoms with Crippen molar-refractivity contribution in [3.05, 3.63) is 84.1 Å². The zero-order valence-electron chi connectivity index (χ0n) is 17.3. The zero-order valence-corrected chi connectivity index (χ0v) is 17.3. The first-order valence-electron chi connectivity index (χ1n) is 9.82. The molecule has 0 N–H and O–H groups in total. The van der Waals surface area contributed by atoms with Gasteiger partial charge in [0, 0.05) is 30.4 Å². The SMILES string of the molecule is COc1cc2c(cc1OC)[C@H](c1ccccn1)N(c1ccnc(-c3ncccn3)n1)C2=O. The zero-order chi connectivity index (χ0) is 22.1. The number of pyridine rings is 1. The van der Waals surface area contributed by atoms with E-state index in [1.165, 1.54) is 7.11 Å². The Bertz CT molecular complexity index is 1280. The van der Waals surface area contributed by atoms with Gasteiger partial charge in [-0.2, -0.15) is 0 Å². The number of carbonyl (C=O) groups excluding carboxylic acids is 1. The highest BCUT2D eigenvalue weighted by molar-refractivity contribution is 6.11. The minimum atomic E-state index is -0.502. The number of anilines is 1. The van der Waals surface area contributed by atoms with E-state index in [9.17, 15) is 4.79 Å². The van der Waals surface area contributed by atoms with Crippen molar-refractivity contribution in [3.8, 4) is 23.1 Å². The van der Waals surface area contributed by atoms with Crippen LogP contribution >= 0.6 is 0 Å². The molecule has 0 unspecified atom stereocenters. The maximum absolute atomic E-state index is 13.6. The number of aromatic nitrogens is 5. The molecule has 1 amide bonds. The Balaban J connectivity index is 1.68. The number of ether oxygens (including phenoxy) is 2. The highest BCUT2D eigenvalue weighted by Gasteiger charge is 2.41. The number of carbonyl (C=O) groups is 1. The molecule has 3 aromatic heterocycles. The van der Waals surface area contributed by atoms with E-state index in [1.54, 1.807) is 55.0 Å². The maximum atomic E-state index is 13.6. The highest BCUT2D eigenvalue weighted by atomic mass is 16.5. The fraction of sp³-hybridized carbons (Fsp3) is 0.130. The van der Waals surface area contributed by atoms with Crippen molar-refractivity contribution in [3.63, 3.8) is 0 Å². The molecular weight excluding hydrogens is 408 g/mol. The van der Waals surface area contributed by atoms with E-state index >= 15 is 0 Å². The number of amides is 1. The quantitative estimate of drug-likeness (QED) is 0.480. The van der Waals surface area contributed by atoms with Crippen LogP contribution in [-0.4, -0.2) is 45.0 Å². The van der Waals surface area contributed by atoms with Gasteiger partial charge >= 0.3 is 0 Å². The number of nitrogens with zero attached hydrogens (tertiary/aromatic N) is 6. The first kappa shape index (κ1) is 19.6. The Morgan fingerprint density at radius 1 is 0.812 bits per heavy atom. The number of hydrogen-bond donors (Lipinski definition) is 0. The van der Waals surface area contributed by atoms with Gasteiger partial charge in [-0.25, -0.2) is 19.9 Å². The minimum absolute atomic E-state index is 0.227. The third kappa shape index (κ3) is 3.20. The lowest BCUT2D eigenvalue weighted by Gasteiger charge is -2.24. The summed E-state index contributed by atoms with van der Waals surface area (Å²) in [6.45, 7) is 0. The molecular formula is C23H18N6O3. The van der Waals surface area contributed by atoms with Crippen LogP contribution in [0, 0.1) is 0 Å². The molecule has 0 fully saturated rings. The summed E-state index contributed by atoms with van der Waals surface area (Å²) in [7, 11) is 3.10. The Hall–Kier alpha value is -4.40. The van der Waals surface area contributed by atoms with Crippen LogP contribution in [-0.2, 0) is 0 Å². The van der Waals surface area contributed by atoms with Crippen LogP contribution in [0.15, 0.2) is 67.3 Å². The van der Waals surface area contributed by atoms with Crippen LogP contribution in [0.3, 0.4) is 0 Å². The molecule has 0 spiro atoms. The van der Waals surface area contributed by atoms with Gasteiger partial charge in [0.2, 0.25) is 0 Å². The second-order valence-electron chi connectivity index (χ2n) is 6.94. The van der Waals surface area contributed by atoms with E-state index in [2.05, 4.69) is 24.9 Å². The monoisotopic (exact) mass is 426 g/mol. The van der Waals surface area contributed by atoms with Crippen molar-refractivity contribution >= 4 is 11.7 Å². The van der Waals surface area contributed by atoms with Crippen LogP contribution in [0.4, 0.5) is 5.82 Å². The van der Waals surface area contributed by atoms with Gasteiger partial charge in [-0.15, -0.1) is 0 Å². The molecule has 5 rings (SSSR count). The van der Waals surface area contributed by atoms with Crippen molar-refractivity contribution < 1.29 is 14.3 Å². The summed E-state index contributed by atoms with van der Waals surface area (Å²) in [5.74, 6) is 1.88. The van der Waals surface area contributed by atoms with Crippen LogP contribution in [0.25, 0.3) is 11.6 Å². The van der Waals surface area contributed by atoms with Crippen LogP contribution in [0.2, 0.25) is 0 Å². The lowest BCUT2D eigenvalue weighted by atomic mass is 10.0. The minimum Gasteiger partial charge on any atom is -0.493 e. The van der Waals surface area contributed by atoms with E-state index in [1.807, 2.05) is 24.3 Å². The molecule has 1 atom stereocenters. The molecule has 4 heterocycles. The standard InChI is InChI=1S/C23H18N6O3/c1-31-17-12-14-15(13-18(17)32-2)23(30)29(20(14)16-6-3-4-8-24-16)19-7-11-27-22(28-19)21-25-9-5-10-26-21/h3-13,20H,1-2H3/t20-/m1/s1. The summed E-state index contributed by atoms with van der Waals surface area (Å²) in [5, 5.41) is 0. The molecule has 1 aliphatic heterocycles. The van der Waals surface area contributed by atoms with Crippen molar-refractivity contribution in [1.82, 2.24) is 24.9 Å². The van der Waals surface area contributed by atoms with Gasteiger partial charge in [-0.05, 0) is 42.0 Å². The van der Waals surface area contributed by atoms with E-state index in [4.69, 9.17) is 9.47 Å². The van der Waals surface area contributed by atoms with Crippen LogP contribution < -0.4 is 14.4 Å². The predicted octanol–water partition coefficient (Wildman–Crippen LogP) is 3.10. The van der Waals surface area contributed by atoms with E-state index in [0.717, 1.165) is 5.56 Å². The average molecular weight is 426 g/mol. The van der Waals surface area contributed by atoms with Crippen LogP contribution in [0.1, 0.15) is 27.7 Å². The maximum Gasteiger partial charge on any atom is 0.260 e. The lowest BCUT2D eigenvalue weighted by molar-refractivity contribution is 0.0992. The number of fused-ring (bicyclic) bond motifs is 1. The second-order valence-corrected chi connectivity index (χ2v) is 6.94. The summed E-state index contributed by atoms with van der Waals surface area (Å²) < 4.78 is 10.9. The Kier molecular flexibility index (Phi) is 4.91. The summed E-state index contributed by atoms with van der Waals surface area (Å²) in [6, 6.07) is 12.0. The van der Waals surface area contributed by atoms with Crippen LogP contribution in [0.5, 0.6) is 11.5 Å². The average Bonchev–Trinajstić information content (AvgIpc) is 3.15. The van der Waals surface area contributed by atoms with E-state index < -0.39 is 6.04 Å². The first-order chi connectivity index (χ1) is 15.7. The molecule has 1 aliphatic rings. The third-order valence-electron chi connectivity index (χ3n) is 5.18. The highest BCUT2D eigenvalue weighted by Crippen LogP contribution is 2.44. The molecule has 9 nitrogen and oxygen atoms in total. The molecule has 9 heteroatoms. The second kappa shape index (κ2) is 8.03. The summed E-state index contributed by atoms with van der Waals surface area (Å²) >= 11 is 0. The van der Waals surface area contributed by atoms with Gasteiger partial charge in [0.25, 0.3) is 5.91 Å². The van der Waals surface area contributed by atoms with Gasteiger partial charge in [0.1, 0.15) is 11.9 Å². The van der Waals surface area contributed by atoms with Gasteiger partial charge in [-0.1, -0.05) is 6.07 Å².